The zero-order valence-electron chi connectivity index (χ0n) is 9.54. The summed E-state index contributed by atoms with van der Waals surface area (Å²) in [6.07, 6.45) is 1.14. The lowest BCUT2D eigenvalue weighted by Crippen LogP contribution is -2.31. The third-order valence-electron chi connectivity index (χ3n) is 2.38. The normalized spacial score (nSPS) is 13.1. The monoisotopic (exact) mass is 225 g/mol. The number of halogens is 1. The van der Waals surface area contributed by atoms with Gasteiger partial charge in [0.1, 0.15) is 0 Å². The van der Waals surface area contributed by atoms with Crippen LogP contribution in [0.25, 0.3) is 0 Å². The summed E-state index contributed by atoms with van der Waals surface area (Å²) in [7, 11) is 0. The first kappa shape index (κ1) is 12.5. The van der Waals surface area contributed by atoms with Gasteiger partial charge in [0.2, 0.25) is 0 Å². The summed E-state index contributed by atoms with van der Waals surface area (Å²) in [6, 6.07) is 10.9. The average Bonchev–Trinajstić information content (AvgIpc) is 2.25. The van der Waals surface area contributed by atoms with E-state index in [1.165, 1.54) is 5.56 Å². The van der Waals surface area contributed by atoms with E-state index in [0.29, 0.717) is 17.8 Å². The molecule has 84 valence electrons. The van der Waals surface area contributed by atoms with E-state index in [0.717, 1.165) is 13.0 Å². The Balaban J connectivity index is 2.34. The predicted octanol–water partition coefficient (Wildman–Crippen LogP) is 3.43. The van der Waals surface area contributed by atoms with Crippen LogP contribution in [-0.4, -0.2) is 11.9 Å². The summed E-state index contributed by atoms with van der Waals surface area (Å²) in [5.41, 5.74) is 1.32. The van der Waals surface area contributed by atoms with Crippen LogP contribution in [0.4, 0.5) is 0 Å². The SMILES string of the molecule is CC(C)CC(CCl)NCc1ccccc1. The minimum absolute atomic E-state index is 0.423. The number of hydrogen-bond donors (Lipinski definition) is 1. The van der Waals surface area contributed by atoms with Crippen molar-refractivity contribution in [3.63, 3.8) is 0 Å². The van der Waals surface area contributed by atoms with Gasteiger partial charge in [-0.3, -0.25) is 0 Å². The summed E-state index contributed by atoms with van der Waals surface area (Å²) >= 11 is 5.92. The predicted molar refractivity (Wildman–Crippen MR) is 67.2 cm³/mol. The van der Waals surface area contributed by atoms with Gasteiger partial charge in [-0.2, -0.15) is 0 Å². The van der Waals surface area contributed by atoms with E-state index in [-0.39, 0.29) is 0 Å². The van der Waals surface area contributed by atoms with Crippen LogP contribution in [0.1, 0.15) is 25.8 Å². The van der Waals surface area contributed by atoms with Gasteiger partial charge in [-0.1, -0.05) is 44.2 Å². The molecule has 0 aliphatic heterocycles. The molecule has 1 aromatic rings. The van der Waals surface area contributed by atoms with Crippen molar-refractivity contribution in [3.8, 4) is 0 Å². The second kappa shape index (κ2) is 6.86. The second-order valence-corrected chi connectivity index (χ2v) is 4.66. The fourth-order valence-corrected chi connectivity index (χ4v) is 1.86. The van der Waals surface area contributed by atoms with Crippen molar-refractivity contribution in [1.29, 1.82) is 0 Å². The Morgan fingerprint density at radius 2 is 1.87 bits per heavy atom. The number of benzene rings is 1. The third-order valence-corrected chi connectivity index (χ3v) is 2.75. The third kappa shape index (κ3) is 5.19. The topological polar surface area (TPSA) is 12.0 Å². The van der Waals surface area contributed by atoms with Gasteiger partial charge in [0, 0.05) is 18.5 Å². The van der Waals surface area contributed by atoms with E-state index in [4.69, 9.17) is 11.6 Å². The lowest BCUT2D eigenvalue weighted by atomic mass is 10.0. The molecule has 0 heterocycles. The minimum Gasteiger partial charge on any atom is -0.309 e. The summed E-state index contributed by atoms with van der Waals surface area (Å²) in [5, 5.41) is 3.49. The second-order valence-electron chi connectivity index (χ2n) is 4.35. The number of nitrogens with one attached hydrogen (secondary N) is 1. The molecule has 0 aliphatic carbocycles. The molecule has 2 heteroatoms. The van der Waals surface area contributed by atoms with Crippen molar-refractivity contribution in [2.24, 2.45) is 5.92 Å². The van der Waals surface area contributed by atoms with Crippen molar-refractivity contribution in [2.45, 2.75) is 32.9 Å². The van der Waals surface area contributed by atoms with E-state index in [1.54, 1.807) is 0 Å². The van der Waals surface area contributed by atoms with Crippen molar-refractivity contribution in [3.05, 3.63) is 35.9 Å². The molecule has 1 unspecified atom stereocenters. The summed E-state index contributed by atoms with van der Waals surface area (Å²) in [5.74, 6) is 1.38. The molecule has 1 nitrogen and oxygen atoms in total. The van der Waals surface area contributed by atoms with Crippen molar-refractivity contribution >= 4 is 11.6 Å². The maximum Gasteiger partial charge on any atom is 0.0377 e. The zero-order chi connectivity index (χ0) is 11.1. The Bertz CT molecular complexity index is 258. The molecular formula is C13H20ClN. The van der Waals surface area contributed by atoms with Crippen LogP contribution in [0.2, 0.25) is 0 Å². The fraction of sp³-hybridized carbons (Fsp3) is 0.538. The Hall–Kier alpha value is -0.530. The van der Waals surface area contributed by atoms with Gasteiger partial charge in [0.25, 0.3) is 0 Å². The van der Waals surface area contributed by atoms with Crippen LogP contribution >= 0.6 is 11.6 Å². The number of hydrogen-bond acceptors (Lipinski definition) is 1. The lowest BCUT2D eigenvalue weighted by molar-refractivity contribution is 0.445. The van der Waals surface area contributed by atoms with Gasteiger partial charge in [0.05, 0.1) is 0 Å². The van der Waals surface area contributed by atoms with Crippen LogP contribution < -0.4 is 5.32 Å². The quantitative estimate of drug-likeness (QED) is 0.732. The number of rotatable bonds is 6. The van der Waals surface area contributed by atoms with E-state index < -0.39 is 0 Å². The van der Waals surface area contributed by atoms with Crippen LogP contribution in [0.5, 0.6) is 0 Å². The summed E-state index contributed by atoms with van der Waals surface area (Å²) < 4.78 is 0. The maximum atomic E-state index is 5.92. The van der Waals surface area contributed by atoms with Gasteiger partial charge in [-0.05, 0) is 17.9 Å². The standard InChI is InChI=1S/C13H20ClN/c1-11(2)8-13(9-14)15-10-12-6-4-3-5-7-12/h3-7,11,13,15H,8-10H2,1-2H3. The molecule has 15 heavy (non-hydrogen) atoms. The molecular weight excluding hydrogens is 206 g/mol. The molecule has 1 aromatic carbocycles. The highest BCUT2D eigenvalue weighted by Gasteiger charge is 2.08. The van der Waals surface area contributed by atoms with Crippen molar-refractivity contribution < 1.29 is 0 Å². The van der Waals surface area contributed by atoms with Gasteiger partial charge in [-0.25, -0.2) is 0 Å². The molecule has 1 rings (SSSR count). The highest BCUT2D eigenvalue weighted by Crippen LogP contribution is 2.07. The van der Waals surface area contributed by atoms with E-state index in [1.807, 2.05) is 6.07 Å². The van der Waals surface area contributed by atoms with Gasteiger partial charge >= 0.3 is 0 Å². The highest BCUT2D eigenvalue weighted by atomic mass is 35.5. The van der Waals surface area contributed by atoms with Crippen LogP contribution in [-0.2, 0) is 6.54 Å². The molecule has 0 fully saturated rings. The fourth-order valence-electron chi connectivity index (χ4n) is 1.63. The molecule has 0 bridgehead atoms. The van der Waals surface area contributed by atoms with Crippen LogP contribution in [0.15, 0.2) is 30.3 Å². The molecule has 0 saturated carbocycles. The highest BCUT2D eigenvalue weighted by molar-refractivity contribution is 6.18. The molecule has 1 N–H and O–H groups in total. The van der Waals surface area contributed by atoms with E-state index in [2.05, 4.69) is 43.4 Å². The van der Waals surface area contributed by atoms with Crippen molar-refractivity contribution in [1.82, 2.24) is 5.32 Å². The summed E-state index contributed by atoms with van der Waals surface area (Å²) in [6.45, 7) is 5.36. The zero-order valence-corrected chi connectivity index (χ0v) is 10.3. The van der Waals surface area contributed by atoms with Crippen molar-refractivity contribution in [2.75, 3.05) is 5.88 Å². The Labute approximate surface area is 97.8 Å². The molecule has 0 spiro atoms. The smallest absolute Gasteiger partial charge is 0.0377 e. The minimum atomic E-state index is 0.423. The van der Waals surface area contributed by atoms with E-state index in [9.17, 15) is 0 Å². The van der Waals surface area contributed by atoms with Gasteiger partial charge in [-0.15, -0.1) is 11.6 Å². The first-order valence-electron chi connectivity index (χ1n) is 5.55. The Morgan fingerprint density at radius 3 is 2.40 bits per heavy atom. The first-order valence-corrected chi connectivity index (χ1v) is 6.09. The lowest BCUT2D eigenvalue weighted by Gasteiger charge is -2.18. The van der Waals surface area contributed by atoms with Gasteiger partial charge in [0.15, 0.2) is 0 Å². The van der Waals surface area contributed by atoms with Crippen LogP contribution in [0.3, 0.4) is 0 Å². The Kier molecular flexibility index (Phi) is 5.74. The van der Waals surface area contributed by atoms with Crippen LogP contribution in [0, 0.1) is 5.92 Å². The number of alkyl halides is 1. The summed E-state index contributed by atoms with van der Waals surface area (Å²) in [4.78, 5) is 0. The largest absolute Gasteiger partial charge is 0.309 e. The molecule has 0 aliphatic rings. The van der Waals surface area contributed by atoms with Gasteiger partial charge < -0.3 is 5.32 Å². The molecule has 0 aromatic heterocycles. The van der Waals surface area contributed by atoms with E-state index >= 15 is 0 Å². The molecule has 0 saturated heterocycles. The average molecular weight is 226 g/mol. The molecule has 0 amide bonds. The first-order chi connectivity index (χ1) is 7.22. The molecule has 1 atom stereocenters. The maximum absolute atomic E-state index is 5.92. The Morgan fingerprint density at radius 1 is 1.20 bits per heavy atom. The molecule has 0 radical (unpaired) electrons.